The van der Waals surface area contributed by atoms with E-state index in [1.54, 1.807) is 0 Å². The molecule has 0 N–H and O–H groups in total. The molecule has 0 saturated heterocycles. The van der Waals surface area contributed by atoms with Crippen LogP contribution in [0.2, 0.25) is 0 Å². The lowest BCUT2D eigenvalue weighted by molar-refractivity contribution is -0.141. The topological polar surface area (TPSA) is 9.23 Å². The van der Waals surface area contributed by atoms with Gasteiger partial charge in [0.05, 0.1) is 11.2 Å². The largest absolute Gasteiger partial charge is 0.369 e. The van der Waals surface area contributed by atoms with Crippen molar-refractivity contribution in [3.8, 4) is 0 Å². The van der Waals surface area contributed by atoms with Crippen molar-refractivity contribution in [1.29, 1.82) is 0 Å². The van der Waals surface area contributed by atoms with Crippen molar-refractivity contribution in [3.63, 3.8) is 0 Å². The van der Waals surface area contributed by atoms with E-state index in [9.17, 15) is 0 Å². The number of hydrogen-bond donors (Lipinski definition) is 0. The van der Waals surface area contributed by atoms with Gasteiger partial charge in [-0.2, -0.15) is 0 Å². The highest BCUT2D eigenvalue weighted by atomic mass is 16.5. The van der Waals surface area contributed by atoms with Crippen molar-refractivity contribution in [3.05, 3.63) is 0 Å². The van der Waals surface area contributed by atoms with Crippen molar-refractivity contribution in [2.24, 2.45) is 5.92 Å². The summed E-state index contributed by atoms with van der Waals surface area (Å²) in [5, 5.41) is 0. The van der Waals surface area contributed by atoms with Gasteiger partial charge in [0, 0.05) is 0 Å². The standard InChI is InChI=1S/C15H32O/c1-8-15(9-2,16-14(5,6)7)12-10-11-13(3)4/h13H,8-12H2,1-7H3. The summed E-state index contributed by atoms with van der Waals surface area (Å²) in [6.45, 7) is 15.6. The molecular weight excluding hydrogens is 196 g/mol. The zero-order valence-electron chi connectivity index (χ0n) is 12.5. The summed E-state index contributed by atoms with van der Waals surface area (Å²) in [5.41, 5.74) is 0.0803. The Hall–Kier alpha value is -0.0400. The van der Waals surface area contributed by atoms with Crippen LogP contribution in [0.25, 0.3) is 0 Å². The summed E-state index contributed by atoms with van der Waals surface area (Å²) in [7, 11) is 0. The lowest BCUT2D eigenvalue weighted by atomic mass is 9.88. The first kappa shape index (κ1) is 16.0. The minimum Gasteiger partial charge on any atom is -0.369 e. The van der Waals surface area contributed by atoms with Gasteiger partial charge in [-0.05, 0) is 46.0 Å². The van der Waals surface area contributed by atoms with Gasteiger partial charge in [-0.1, -0.05) is 40.5 Å². The van der Waals surface area contributed by atoms with E-state index in [1.165, 1.54) is 19.3 Å². The quantitative estimate of drug-likeness (QED) is 0.583. The Bertz CT molecular complexity index is 172. The lowest BCUT2D eigenvalue weighted by Crippen LogP contribution is -2.39. The maximum atomic E-state index is 6.31. The molecule has 1 nitrogen and oxygen atoms in total. The molecule has 0 rings (SSSR count). The van der Waals surface area contributed by atoms with Crippen LogP contribution >= 0.6 is 0 Å². The summed E-state index contributed by atoms with van der Waals surface area (Å²) in [6, 6.07) is 0. The van der Waals surface area contributed by atoms with Crippen molar-refractivity contribution >= 4 is 0 Å². The number of rotatable bonds is 7. The summed E-state index contributed by atoms with van der Waals surface area (Å²) in [5.74, 6) is 0.807. The van der Waals surface area contributed by atoms with Crippen LogP contribution in [-0.4, -0.2) is 11.2 Å². The second-order valence-corrected chi connectivity index (χ2v) is 6.39. The predicted octanol–water partition coefficient (Wildman–Crippen LogP) is 5.19. The monoisotopic (exact) mass is 228 g/mol. The molecule has 0 fully saturated rings. The van der Waals surface area contributed by atoms with E-state index in [1.807, 2.05) is 0 Å². The van der Waals surface area contributed by atoms with Crippen LogP contribution in [0.1, 0.15) is 80.6 Å². The molecule has 16 heavy (non-hydrogen) atoms. The third kappa shape index (κ3) is 6.52. The molecule has 1 heteroatoms. The van der Waals surface area contributed by atoms with Crippen molar-refractivity contribution in [2.45, 2.75) is 91.8 Å². The molecule has 0 atom stereocenters. The zero-order valence-corrected chi connectivity index (χ0v) is 12.5. The van der Waals surface area contributed by atoms with Crippen molar-refractivity contribution in [2.75, 3.05) is 0 Å². The molecule has 0 aromatic heterocycles. The number of hydrogen-bond acceptors (Lipinski definition) is 1. The molecule has 0 unspecified atom stereocenters. The molecule has 0 aromatic carbocycles. The Morgan fingerprint density at radius 3 is 1.81 bits per heavy atom. The van der Waals surface area contributed by atoms with E-state index < -0.39 is 0 Å². The smallest absolute Gasteiger partial charge is 0.0684 e. The van der Waals surface area contributed by atoms with Crippen LogP contribution in [0.3, 0.4) is 0 Å². The third-order valence-corrected chi connectivity index (χ3v) is 3.23. The molecule has 98 valence electrons. The maximum Gasteiger partial charge on any atom is 0.0684 e. The molecule has 0 bridgehead atoms. The van der Waals surface area contributed by atoms with Gasteiger partial charge < -0.3 is 4.74 Å². The summed E-state index contributed by atoms with van der Waals surface area (Å²) in [4.78, 5) is 0. The fourth-order valence-corrected chi connectivity index (χ4v) is 2.28. The van der Waals surface area contributed by atoms with Crippen LogP contribution in [0.15, 0.2) is 0 Å². The molecule has 0 aromatic rings. The molecule has 0 saturated carbocycles. The van der Waals surface area contributed by atoms with Gasteiger partial charge in [-0.3, -0.25) is 0 Å². The van der Waals surface area contributed by atoms with Gasteiger partial charge in [0.15, 0.2) is 0 Å². The predicted molar refractivity (Wildman–Crippen MR) is 72.8 cm³/mol. The highest BCUT2D eigenvalue weighted by Gasteiger charge is 2.31. The molecule has 0 radical (unpaired) electrons. The minimum atomic E-state index is -0.0240. The Balaban J connectivity index is 4.33. The van der Waals surface area contributed by atoms with Crippen LogP contribution in [0.5, 0.6) is 0 Å². The average molecular weight is 228 g/mol. The van der Waals surface area contributed by atoms with E-state index in [-0.39, 0.29) is 11.2 Å². The van der Waals surface area contributed by atoms with Gasteiger partial charge in [-0.25, -0.2) is 0 Å². The van der Waals surface area contributed by atoms with Crippen LogP contribution in [0, 0.1) is 5.92 Å². The van der Waals surface area contributed by atoms with Gasteiger partial charge in [-0.15, -0.1) is 0 Å². The van der Waals surface area contributed by atoms with Crippen LogP contribution < -0.4 is 0 Å². The molecule has 0 aliphatic carbocycles. The van der Waals surface area contributed by atoms with Gasteiger partial charge in [0.1, 0.15) is 0 Å². The normalized spacial score (nSPS) is 13.5. The maximum absolute atomic E-state index is 6.31. The minimum absolute atomic E-state index is 0.0240. The summed E-state index contributed by atoms with van der Waals surface area (Å²) >= 11 is 0. The first-order valence-corrected chi connectivity index (χ1v) is 6.95. The first-order chi connectivity index (χ1) is 7.24. The van der Waals surface area contributed by atoms with E-state index in [0.717, 1.165) is 18.8 Å². The van der Waals surface area contributed by atoms with E-state index in [4.69, 9.17) is 4.74 Å². The number of ether oxygens (including phenoxy) is 1. The average Bonchev–Trinajstić information content (AvgIpc) is 2.13. The Labute approximate surface area is 103 Å². The van der Waals surface area contributed by atoms with Crippen LogP contribution in [-0.2, 0) is 4.74 Å². The van der Waals surface area contributed by atoms with Crippen molar-refractivity contribution in [1.82, 2.24) is 0 Å². The third-order valence-electron chi connectivity index (χ3n) is 3.23. The van der Waals surface area contributed by atoms with Crippen molar-refractivity contribution < 1.29 is 4.74 Å². The van der Waals surface area contributed by atoms with Crippen LogP contribution in [0.4, 0.5) is 0 Å². The highest BCUT2D eigenvalue weighted by molar-refractivity contribution is 4.81. The lowest BCUT2D eigenvalue weighted by Gasteiger charge is -2.39. The Morgan fingerprint density at radius 1 is 1.00 bits per heavy atom. The highest BCUT2D eigenvalue weighted by Crippen LogP contribution is 2.32. The van der Waals surface area contributed by atoms with E-state index >= 15 is 0 Å². The van der Waals surface area contributed by atoms with Gasteiger partial charge >= 0.3 is 0 Å². The summed E-state index contributed by atoms with van der Waals surface area (Å²) in [6.07, 6.45) is 6.05. The molecule has 0 amide bonds. The fourth-order valence-electron chi connectivity index (χ4n) is 2.28. The Morgan fingerprint density at radius 2 is 1.50 bits per heavy atom. The second kappa shape index (κ2) is 6.64. The van der Waals surface area contributed by atoms with E-state index in [2.05, 4.69) is 48.5 Å². The Kier molecular flexibility index (Phi) is 6.62. The molecule has 0 spiro atoms. The van der Waals surface area contributed by atoms with Gasteiger partial charge in [0.2, 0.25) is 0 Å². The fraction of sp³-hybridized carbons (Fsp3) is 1.00. The second-order valence-electron chi connectivity index (χ2n) is 6.39. The zero-order chi connectivity index (χ0) is 12.8. The molecule has 0 heterocycles. The van der Waals surface area contributed by atoms with Gasteiger partial charge in [0.25, 0.3) is 0 Å². The molecular formula is C15H32O. The summed E-state index contributed by atoms with van der Waals surface area (Å²) < 4.78 is 6.31. The first-order valence-electron chi connectivity index (χ1n) is 6.95. The van der Waals surface area contributed by atoms with E-state index in [0.29, 0.717) is 0 Å². The molecule has 0 aliphatic rings. The SMILES string of the molecule is CCC(CC)(CCCC(C)C)OC(C)(C)C. The molecule has 0 aliphatic heterocycles.